The number of aryl methyl sites for hydroxylation is 2. The van der Waals surface area contributed by atoms with Crippen LogP contribution in [0.1, 0.15) is 26.6 Å². The quantitative estimate of drug-likeness (QED) is 0.777. The van der Waals surface area contributed by atoms with E-state index in [0.717, 1.165) is 16.1 Å². The number of hydrogen-bond acceptors (Lipinski definition) is 5. The fourth-order valence-electron chi connectivity index (χ4n) is 1.89. The number of anilines is 1. The Bertz CT molecular complexity index is 786. The molecule has 3 aromatic rings. The summed E-state index contributed by atoms with van der Waals surface area (Å²) in [5, 5.41) is 10.4. The molecule has 0 aromatic carbocycles. The predicted octanol–water partition coefficient (Wildman–Crippen LogP) is 3.30. The Hall–Kier alpha value is -2.41. The fraction of sp³-hybridized carbons (Fsp3) is 0.214. The first-order chi connectivity index (χ1) is 10.1. The van der Waals surface area contributed by atoms with Crippen molar-refractivity contribution in [3.8, 4) is 10.8 Å². The SMILES string of the molecule is Cc1[nH]nc(NC(=O)c2nc(-c3ccco3)sc2C)c1C. The van der Waals surface area contributed by atoms with Crippen molar-refractivity contribution in [2.45, 2.75) is 20.8 Å². The van der Waals surface area contributed by atoms with Crippen molar-refractivity contribution >= 4 is 23.1 Å². The average Bonchev–Trinajstić information content (AvgIpc) is 3.15. The second-order valence-electron chi connectivity index (χ2n) is 4.68. The molecule has 2 N–H and O–H groups in total. The topological polar surface area (TPSA) is 83.8 Å². The molecule has 3 rings (SSSR count). The molecule has 3 heterocycles. The summed E-state index contributed by atoms with van der Waals surface area (Å²) in [6, 6.07) is 3.61. The molecule has 0 aliphatic heterocycles. The van der Waals surface area contributed by atoms with E-state index in [0.29, 0.717) is 22.3 Å². The summed E-state index contributed by atoms with van der Waals surface area (Å²) in [5.74, 6) is 0.926. The van der Waals surface area contributed by atoms with E-state index in [9.17, 15) is 4.79 Å². The van der Waals surface area contributed by atoms with Gasteiger partial charge in [0.2, 0.25) is 0 Å². The standard InChI is InChI=1S/C14H14N4O2S/c1-7-8(2)17-18-12(7)16-13(19)11-9(3)21-14(15-11)10-5-4-6-20-10/h4-6H,1-3H3,(H2,16,17,18,19). The highest BCUT2D eigenvalue weighted by Crippen LogP contribution is 2.28. The zero-order valence-corrected chi connectivity index (χ0v) is 12.7. The summed E-state index contributed by atoms with van der Waals surface area (Å²) < 4.78 is 5.31. The molecule has 3 aromatic heterocycles. The maximum absolute atomic E-state index is 12.3. The molecular weight excluding hydrogens is 288 g/mol. The molecule has 6 nitrogen and oxygen atoms in total. The highest BCUT2D eigenvalue weighted by molar-refractivity contribution is 7.15. The Kier molecular flexibility index (Phi) is 3.34. The Balaban J connectivity index is 1.87. The largest absolute Gasteiger partial charge is 0.462 e. The van der Waals surface area contributed by atoms with Gasteiger partial charge in [0.1, 0.15) is 5.69 Å². The molecule has 108 valence electrons. The van der Waals surface area contributed by atoms with Gasteiger partial charge in [-0.15, -0.1) is 11.3 Å². The number of carbonyl (C=O) groups excluding carboxylic acids is 1. The van der Waals surface area contributed by atoms with Crippen molar-refractivity contribution in [3.63, 3.8) is 0 Å². The minimum absolute atomic E-state index is 0.267. The minimum Gasteiger partial charge on any atom is -0.462 e. The number of furan rings is 1. The number of carbonyl (C=O) groups is 1. The molecule has 7 heteroatoms. The maximum atomic E-state index is 12.3. The van der Waals surface area contributed by atoms with Crippen LogP contribution < -0.4 is 5.32 Å². The van der Waals surface area contributed by atoms with E-state index < -0.39 is 0 Å². The molecule has 0 aliphatic carbocycles. The van der Waals surface area contributed by atoms with E-state index >= 15 is 0 Å². The lowest BCUT2D eigenvalue weighted by molar-refractivity contribution is 0.102. The minimum atomic E-state index is -0.267. The molecule has 0 spiro atoms. The Labute approximate surface area is 125 Å². The summed E-state index contributed by atoms with van der Waals surface area (Å²) >= 11 is 1.43. The lowest BCUT2D eigenvalue weighted by atomic mass is 10.2. The van der Waals surface area contributed by atoms with Crippen LogP contribution in [0.15, 0.2) is 22.8 Å². The van der Waals surface area contributed by atoms with Gasteiger partial charge in [0, 0.05) is 16.1 Å². The molecule has 1 amide bonds. The third-order valence-corrected chi connectivity index (χ3v) is 4.21. The van der Waals surface area contributed by atoms with E-state index in [1.807, 2.05) is 26.8 Å². The van der Waals surface area contributed by atoms with Crippen LogP contribution in [0.25, 0.3) is 10.8 Å². The van der Waals surface area contributed by atoms with Crippen molar-refractivity contribution < 1.29 is 9.21 Å². The molecule has 0 bridgehead atoms. The van der Waals surface area contributed by atoms with Gasteiger partial charge in [-0.05, 0) is 32.9 Å². The molecule has 0 saturated carbocycles. The van der Waals surface area contributed by atoms with E-state index in [2.05, 4.69) is 20.5 Å². The molecule has 0 aliphatic rings. The number of aromatic amines is 1. The summed E-state index contributed by atoms with van der Waals surface area (Å²) in [4.78, 5) is 17.5. The first-order valence-corrected chi connectivity index (χ1v) is 7.22. The number of nitrogens with one attached hydrogen (secondary N) is 2. The smallest absolute Gasteiger partial charge is 0.276 e. The average molecular weight is 302 g/mol. The van der Waals surface area contributed by atoms with Crippen LogP contribution >= 0.6 is 11.3 Å². The maximum Gasteiger partial charge on any atom is 0.276 e. The van der Waals surface area contributed by atoms with Crippen molar-refractivity contribution in [1.29, 1.82) is 0 Å². The Morgan fingerprint density at radius 3 is 2.81 bits per heavy atom. The van der Waals surface area contributed by atoms with E-state index in [4.69, 9.17) is 4.42 Å². The van der Waals surface area contributed by atoms with Crippen molar-refractivity contribution in [3.05, 3.63) is 40.2 Å². The van der Waals surface area contributed by atoms with Crippen LogP contribution in [-0.2, 0) is 0 Å². The number of thiazole rings is 1. The van der Waals surface area contributed by atoms with Crippen LogP contribution in [0.2, 0.25) is 0 Å². The van der Waals surface area contributed by atoms with Crippen LogP contribution in [0.3, 0.4) is 0 Å². The number of amides is 1. The van der Waals surface area contributed by atoms with Gasteiger partial charge in [-0.1, -0.05) is 0 Å². The number of nitrogens with zero attached hydrogens (tertiary/aromatic N) is 2. The van der Waals surface area contributed by atoms with Gasteiger partial charge in [0.25, 0.3) is 5.91 Å². The highest BCUT2D eigenvalue weighted by atomic mass is 32.1. The predicted molar refractivity (Wildman–Crippen MR) is 80.6 cm³/mol. The lowest BCUT2D eigenvalue weighted by Gasteiger charge is -2.01. The summed E-state index contributed by atoms with van der Waals surface area (Å²) in [7, 11) is 0. The van der Waals surface area contributed by atoms with Gasteiger partial charge >= 0.3 is 0 Å². The Morgan fingerprint density at radius 2 is 2.19 bits per heavy atom. The third kappa shape index (κ3) is 2.47. The van der Waals surface area contributed by atoms with Crippen molar-refractivity contribution in [2.75, 3.05) is 5.32 Å². The van der Waals surface area contributed by atoms with Gasteiger partial charge in [-0.25, -0.2) is 4.98 Å². The van der Waals surface area contributed by atoms with Crippen LogP contribution in [-0.4, -0.2) is 21.1 Å². The highest BCUT2D eigenvalue weighted by Gasteiger charge is 2.19. The first kappa shape index (κ1) is 13.6. The lowest BCUT2D eigenvalue weighted by Crippen LogP contribution is -2.14. The Morgan fingerprint density at radius 1 is 1.38 bits per heavy atom. The van der Waals surface area contributed by atoms with Gasteiger partial charge in [0.15, 0.2) is 16.6 Å². The fourth-order valence-corrected chi connectivity index (χ4v) is 2.76. The molecule has 0 atom stereocenters. The second kappa shape index (κ2) is 5.17. The summed E-state index contributed by atoms with van der Waals surface area (Å²) in [5.41, 5.74) is 2.24. The van der Waals surface area contributed by atoms with Crippen molar-refractivity contribution in [2.24, 2.45) is 0 Å². The third-order valence-electron chi connectivity index (χ3n) is 3.23. The number of rotatable bonds is 3. The molecule has 0 saturated heterocycles. The van der Waals surface area contributed by atoms with Crippen molar-refractivity contribution in [1.82, 2.24) is 15.2 Å². The van der Waals surface area contributed by atoms with E-state index in [1.54, 1.807) is 12.3 Å². The summed E-state index contributed by atoms with van der Waals surface area (Å²) in [6.45, 7) is 5.67. The van der Waals surface area contributed by atoms with Gasteiger partial charge < -0.3 is 9.73 Å². The van der Waals surface area contributed by atoms with E-state index in [1.165, 1.54) is 11.3 Å². The number of H-pyrrole nitrogens is 1. The zero-order valence-electron chi connectivity index (χ0n) is 11.9. The summed E-state index contributed by atoms with van der Waals surface area (Å²) in [6.07, 6.45) is 1.58. The van der Waals surface area contributed by atoms with Gasteiger partial charge in [-0.3, -0.25) is 9.89 Å². The normalized spacial score (nSPS) is 10.8. The van der Waals surface area contributed by atoms with Gasteiger partial charge in [-0.2, -0.15) is 5.10 Å². The van der Waals surface area contributed by atoms with Crippen LogP contribution in [0.4, 0.5) is 5.82 Å². The monoisotopic (exact) mass is 302 g/mol. The molecule has 21 heavy (non-hydrogen) atoms. The van der Waals surface area contributed by atoms with Crippen LogP contribution in [0.5, 0.6) is 0 Å². The molecule has 0 unspecified atom stereocenters. The molecule has 0 fully saturated rings. The van der Waals surface area contributed by atoms with E-state index in [-0.39, 0.29) is 5.91 Å². The number of hydrogen-bond donors (Lipinski definition) is 2. The molecule has 0 radical (unpaired) electrons. The molecular formula is C14H14N4O2S. The van der Waals surface area contributed by atoms with Crippen LogP contribution in [0, 0.1) is 20.8 Å². The zero-order chi connectivity index (χ0) is 15.0. The number of aromatic nitrogens is 3. The second-order valence-corrected chi connectivity index (χ2v) is 5.88. The van der Waals surface area contributed by atoms with Gasteiger partial charge in [0.05, 0.1) is 6.26 Å². The first-order valence-electron chi connectivity index (χ1n) is 6.40.